The van der Waals surface area contributed by atoms with E-state index in [1.807, 2.05) is 26.2 Å². The number of aliphatic hydroxyl groups excluding tert-OH is 1. The van der Waals surface area contributed by atoms with Crippen LogP contribution in [0.1, 0.15) is 25.3 Å². The van der Waals surface area contributed by atoms with Gasteiger partial charge in [0, 0.05) is 29.7 Å². The number of aromatic nitrogens is 2. The van der Waals surface area contributed by atoms with E-state index in [9.17, 15) is 5.11 Å². The molecule has 1 aliphatic carbocycles. The van der Waals surface area contributed by atoms with Crippen molar-refractivity contribution < 1.29 is 5.11 Å². The second-order valence-corrected chi connectivity index (χ2v) is 5.91. The molecular weight excluding hydrogens is 234 g/mol. The zero-order valence-corrected chi connectivity index (χ0v) is 11.1. The van der Waals surface area contributed by atoms with Crippen molar-refractivity contribution in [2.75, 3.05) is 12.4 Å². The van der Waals surface area contributed by atoms with Crippen molar-refractivity contribution in [2.45, 2.75) is 43.4 Å². The summed E-state index contributed by atoms with van der Waals surface area (Å²) in [6, 6.07) is 0.590. The molecule has 1 unspecified atom stereocenters. The summed E-state index contributed by atoms with van der Waals surface area (Å²) in [6.07, 6.45) is 6.09. The monoisotopic (exact) mass is 253 g/mol. The SMILES string of the molecule is Cc1cnc(SCC(C)(CO)NC2CC2)nc1. The van der Waals surface area contributed by atoms with Crippen LogP contribution in [0, 0.1) is 6.92 Å². The molecule has 1 atom stereocenters. The van der Waals surface area contributed by atoms with Gasteiger partial charge in [0.25, 0.3) is 0 Å². The van der Waals surface area contributed by atoms with Crippen LogP contribution in [-0.4, -0.2) is 39.0 Å². The van der Waals surface area contributed by atoms with Crippen LogP contribution in [0.4, 0.5) is 0 Å². The molecule has 0 saturated heterocycles. The summed E-state index contributed by atoms with van der Waals surface area (Å²) in [6.45, 7) is 4.16. The van der Waals surface area contributed by atoms with Crippen LogP contribution in [0.15, 0.2) is 17.6 Å². The van der Waals surface area contributed by atoms with Gasteiger partial charge in [-0.05, 0) is 32.3 Å². The van der Waals surface area contributed by atoms with Crippen LogP contribution < -0.4 is 5.32 Å². The van der Waals surface area contributed by atoms with Crippen LogP contribution >= 0.6 is 11.8 Å². The fraction of sp³-hybridized carbons (Fsp3) is 0.667. The standard InChI is InChI=1S/C12H19N3OS/c1-9-5-13-11(14-6-9)17-8-12(2,7-16)15-10-3-4-10/h5-6,10,15-16H,3-4,7-8H2,1-2H3. The summed E-state index contributed by atoms with van der Waals surface area (Å²) < 4.78 is 0. The molecule has 1 aromatic rings. The van der Waals surface area contributed by atoms with Gasteiger partial charge in [0.15, 0.2) is 5.16 Å². The number of aliphatic hydroxyl groups is 1. The summed E-state index contributed by atoms with van der Waals surface area (Å²) in [5.74, 6) is 0.781. The Morgan fingerprint density at radius 1 is 1.47 bits per heavy atom. The molecule has 0 radical (unpaired) electrons. The van der Waals surface area contributed by atoms with Gasteiger partial charge >= 0.3 is 0 Å². The van der Waals surface area contributed by atoms with E-state index in [-0.39, 0.29) is 12.1 Å². The Morgan fingerprint density at radius 3 is 2.65 bits per heavy atom. The summed E-state index contributed by atoms with van der Waals surface area (Å²) in [5, 5.41) is 13.7. The number of nitrogens with zero attached hydrogens (tertiary/aromatic N) is 2. The highest BCUT2D eigenvalue weighted by Gasteiger charge is 2.32. The summed E-state index contributed by atoms with van der Waals surface area (Å²) in [5.41, 5.74) is 0.829. The van der Waals surface area contributed by atoms with Gasteiger partial charge in [-0.3, -0.25) is 0 Å². The molecule has 94 valence electrons. The number of thioether (sulfide) groups is 1. The Bertz CT molecular complexity index is 367. The molecule has 1 fully saturated rings. The number of rotatable bonds is 6. The molecule has 0 bridgehead atoms. The van der Waals surface area contributed by atoms with Crippen molar-refractivity contribution in [1.29, 1.82) is 0 Å². The summed E-state index contributed by atoms with van der Waals surface area (Å²) in [7, 11) is 0. The van der Waals surface area contributed by atoms with Gasteiger partial charge in [-0.25, -0.2) is 9.97 Å². The zero-order valence-electron chi connectivity index (χ0n) is 10.3. The van der Waals surface area contributed by atoms with Gasteiger partial charge in [-0.2, -0.15) is 0 Å². The van der Waals surface area contributed by atoms with Gasteiger partial charge in [0.2, 0.25) is 0 Å². The maximum absolute atomic E-state index is 9.47. The predicted molar refractivity (Wildman–Crippen MR) is 69.1 cm³/mol. The minimum atomic E-state index is -0.236. The van der Waals surface area contributed by atoms with Gasteiger partial charge in [0.05, 0.1) is 6.61 Å². The Morgan fingerprint density at radius 2 is 2.12 bits per heavy atom. The molecule has 1 aliphatic rings. The molecular formula is C12H19N3OS. The Kier molecular flexibility index (Phi) is 4.01. The molecule has 0 aliphatic heterocycles. The number of nitrogens with one attached hydrogen (secondary N) is 1. The lowest BCUT2D eigenvalue weighted by molar-refractivity contribution is 0.190. The van der Waals surface area contributed by atoms with Gasteiger partial charge in [0.1, 0.15) is 0 Å². The number of aryl methyl sites for hydroxylation is 1. The van der Waals surface area contributed by atoms with E-state index in [2.05, 4.69) is 15.3 Å². The highest BCUT2D eigenvalue weighted by Crippen LogP contribution is 2.25. The molecule has 1 aromatic heterocycles. The van der Waals surface area contributed by atoms with Crippen LogP contribution in [0.2, 0.25) is 0 Å². The summed E-state index contributed by atoms with van der Waals surface area (Å²) in [4.78, 5) is 8.51. The lowest BCUT2D eigenvalue weighted by Crippen LogP contribution is -2.49. The molecule has 2 N–H and O–H groups in total. The van der Waals surface area contributed by atoms with Crippen molar-refractivity contribution >= 4 is 11.8 Å². The second-order valence-electron chi connectivity index (χ2n) is 4.97. The Hall–Kier alpha value is -0.650. The van der Waals surface area contributed by atoms with E-state index in [1.165, 1.54) is 12.8 Å². The molecule has 1 saturated carbocycles. The lowest BCUT2D eigenvalue weighted by Gasteiger charge is -2.28. The average Bonchev–Trinajstić information content (AvgIpc) is 3.12. The highest BCUT2D eigenvalue weighted by atomic mass is 32.2. The largest absolute Gasteiger partial charge is 0.394 e. The van der Waals surface area contributed by atoms with Gasteiger partial charge in [-0.1, -0.05) is 11.8 Å². The first-order chi connectivity index (χ1) is 8.11. The van der Waals surface area contributed by atoms with Crippen LogP contribution in [-0.2, 0) is 0 Å². The normalized spacial score (nSPS) is 19.0. The maximum Gasteiger partial charge on any atom is 0.187 e. The molecule has 0 aromatic carbocycles. The van der Waals surface area contributed by atoms with Crippen molar-refractivity contribution in [2.24, 2.45) is 0 Å². The van der Waals surface area contributed by atoms with Crippen molar-refractivity contribution in [3.63, 3.8) is 0 Å². The smallest absolute Gasteiger partial charge is 0.187 e. The van der Waals surface area contributed by atoms with Crippen molar-refractivity contribution in [1.82, 2.24) is 15.3 Å². The minimum absolute atomic E-state index is 0.141. The zero-order chi connectivity index (χ0) is 12.3. The second kappa shape index (κ2) is 5.33. The molecule has 5 heteroatoms. The van der Waals surface area contributed by atoms with Crippen molar-refractivity contribution in [3.05, 3.63) is 18.0 Å². The Balaban J connectivity index is 1.88. The van der Waals surface area contributed by atoms with E-state index >= 15 is 0 Å². The van der Waals surface area contributed by atoms with Crippen molar-refractivity contribution in [3.8, 4) is 0 Å². The van der Waals surface area contributed by atoms with Crippen LogP contribution in [0.5, 0.6) is 0 Å². The fourth-order valence-corrected chi connectivity index (χ4v) is 2.41. The van der Waals surface area contributed by atoms with Gasteiger partial charge < -0.3 is 10.4 Å². The van der Waals surface area contributed by atoms with Crippen LogP contribution in [0.25, 0.3) is 0 Å². The van der Waals surface area contributed by atoms with E-state index in [4.69, 9.17) is 0 Å². The third-order valence-electron chi connectivity index (χ3n) is 2.76. The number of hydrogen-bond acceptors (Lipinski definition) is 5. The third-order valence-corrected chi connectivity index (χ3v) is 4.01. The molecule has 17 heavy (non-hydrogen) atoms. The third kappa shape index (κ3) is 3.94. The van der Waals surface area contributed by atoms with Gasteiger partial charge in [-0.15, -0.1) is 0 Å². The molecule has 0 amide bonds. The Labute approximate surface area is 106 Å². The topological polar surface area (TPSA) is 58.0 Å². The molecule has 1 heterocycles. The molecule has 0 spiro atoms. The lowest BCUT2D eigenvalue weighted by atomic mass is 10.1. The summed E-state index contributed by atoms with van der Waals surface area (Å²) >= 11 is 1.59. The number of hydrogen-bond donors (Lipinski definition) is 2. The molecule has 4 nitrogen and oxygen atoms in total. The first kappa shape index (κ1) is 12.8. The molecule has 2 rings (SSSR count). The predicted octanol–water partition coefficient (Wildman–Crippen LogP) is 1.38. The average molecular weight is 253 g/mol. The maximum atomic E-state index is 9.47. The quantitative estimate of drug-likeness (QED) is 0.592. The van der Waals surface area contributed by atoms with E-state index in [0.717, 1.165) is 16.5 Å². The van der Waals surface area contributed by atoms with E-state index in [0.29, 0.717) is 6.04 Å². The highest BCUT2D eigenvalue weighted by molar-refractivity contribution is 7.99. The minimum Gasteiger partial charge on any atom is -0.394 e. The van der Waals surface area contributed by atoms with Crippen LogP contribution in [0.3, 0.4) is 0 Å². The first-order valence-electron chi connectivity index (χ1n) is 5.91. The van der Waals surface area contributed by atoms with E-state index < -0.39 is 0 Å². The first-order valence-corrected chi connectivity index (χ1v) is 6.90. The fourth-order valence-electron chi connectivity index (χ4n) is 1.53. The van der Waals surface area contributed by atoms with E-state index in [1.54, 1.807) is 11.8 Å².